The first-order valence-corrected chi connectivity index (χ1v) is 8.03. The smallest absolute Gasteiger partial charge is 0.327 e. The summed E-state index contributed by atoms with van der Waals surface area (Å²) in [6.07, 6.45) is 2.17. The number of nitrogens with zero attached hydrogens (tertiary/aromatic N) is 4. The Morgan fingerprint density at radius 1 is 1.42 bits per heavy atom. The Bertz CT molecular complexity index is 793. The minimum Gasteiger partial charge on any atom is -0.465 e. The summed E-state index contributed by atoms with van der Waals surface area (Å²) >= 11 is 0. The van der Waals surface area contributed by atoms with Crippen LogP contribution >= 0.6 is 0 Å². The number of nitrogens with one attached hydrogen (secondary N) is 1. The maximum absolute atomic E-state index is 12.6. The molecule has 24 heavy (non-hydrogen) atoms. The number of methoxy groups -OCH3 is 1. The normalized spacial score (nSPS) is 14.1. The molecule has 0 spiro atoms. The zero-order chi connectivity index (χ0) is 17.1. The molecule has 1 aliphatic carbocycles. The fraction of sp³-hybridized carbons (Fsp3) is 0.600. The van der Waals surface area contributed by atoms with E-state index in [1.807, 2.05) is 0 Å². The fourth-order valence-corrected chi connectivity index (χ4v) is 2.44. The Balaban J connectivity index is 1.99. The highest BCUT2D eigenvalue weighted by atomic mass is 16.5. The van der Waals surface area contributed by atoms with Gasteiger partial charge in [-0.2, -0.15) is 9.61 Å². The highest BCUT2D eigenvalue weighted by Crippen LogP contribution is 2.39. The maximum Gasteiger partial charge on any atom is 0.327 e. The van der Waals surface area contributed by atoms with E-state index in [1.54, 1.807) is 20.1 Å². The standard InChI is InChI=1S/C15H21N5O4/c1-3-24-13(21)9-19-14(22)12-8-11(10-4-5-10)17-20(12)15(18-19)16-6-7-23-2/h8,10H,3-7,9H2,1-2H3,(H,16,18). The van der Waals surface area contributed by atoms with Gasteiger partial charge in [-0.05, 0) is 25.8 Å². The Morgan fingerprint density at radius 3 is 2.88 bits per heavy atom. The molecule has 130 valence electrons. The number of rotatable bonds is 8. The van der Waals surface area contributed by atoms with Gasteiger partial charge >= 0.3 is 5.97 Å². The molecule has 0 bridgehead atoms. The van der Waals surface area contributed by atoms with E-state index in [2.05, 4.69) is 15.5 Å². The third-order valence-electron chi connectivity index (χ3n) is 3.77. The lowest BCUT2D eigenvalue weighted by molar-refractivity contribution is -0.144. The van der Waals surface area contributed by atoms with Crippen molar-refractivity contribution >= 4 is 17.4 Å². The van der Waals surface area contributed by atoms with Crippen LogP contribution in [0, 0.1) is 0 Å². The predicted octanol–water partition coefficient (Wildman–Crippen LogP) is 0.390. The fourth-order valence-electron chi connectivity index (χ4n) is 2.44. The van der Waals surface area contributed by atoms with Crippen molar-refractivity contribution < 1.29 is 14.3 Å². The minimum atomic E-state index is -0.499. The SMILES string of the molecule is CCOC(=O)Cn1nc(NCCOC)n2nc(C3CC3)cc2c1=O. The van der Waals surface area contributed by atoms with Crippen LogP contribution in [0.4, 0.5) is 5.95 Å². The number of esters is 1. The van der Waals surface area contributed by atoms with Gasteiger partial charge in [0.2, 0.25) is 5.95 Å². The summed E-state index contributed by atoms with van der Waals surface area (Å²) in [5, 5.41) is 11.8. The molecule has 3 rings (SSSR count). The van der Waals surface area contributed by atoms with Crippen LogP contribution in [0.15, 0.2) is 10.9 Å². The summed E-state index contributed by atoms with van der Waals surface area (Å²) in [5.74, 6) is 0.314. The lowest BCUT2D eigenvalue weighted by Gasteiger charge is -2.10. The molecule has 2 aromatic rings. The third-order valence-corrected chi connectivity index (χ3v) is 3.77. The summed E-state index contributed by atoms with van der Waals surface area (Å²) in [5.41, 5.74) is 0.924. The Labute approximate surface area is 138 Å². The molecule has 2 aromatic heterocycles. The second kappa shape index (κ2) is 7.00. The number of ether oxygens (including phenoxy) is 2. The molecule has 0 unspecified atom stereocenters. The lowest BCUT2D eigenvalue weighted by atomic mass is 10.3. The summed E-state index contributed by atoms with van der Waals surface area (Å²) in [6.45, 7) is 2.74. The molecule has 1 aliphatic rings. The number of fused-ring (bicyclic) bond motifs is 1. The van der Waals surface area contributed by atoms with E-state index in [9.17, 15) is 9.59 Å². The molecule has 0 radical (unpaired) electrons. The van der Waals surface area contributed by atoms with Gasteiger partial charge in [-0.15, -0.1) is 5.10 Å². The molecule has 0 saturated heterocycles. The van der Waals surface area contributed by atoms with Gasteiger partial charge in [0.1, 0.15) is 12.1 Å². The van der Waals surface area contributed by atoms with Crippen LogP contribution in [0.3, 0.4) is 0 Å². The van der Waals surface area contributed by atoms with E-state index < -0.39 is 5.97 Å². The maximum atomic E-state index is 12.6. The number of carbonyl (C=O) groups excluding carboxylic acids is 1. The van der Waals surface area contributed by atoms with E-state index in [0.29, 0.717) is 30.5 Å². The molecule has 9 heteroatoms. The average Bonchev–Trinajstić information content (AvgIpc) is 3.30. The number of hydrogen-bond donors (Lipinski definition) is 1. The molecule has 0 amide bonds. The zero-order valence-electron chi connectivity index (χ0n) is 13.8. The highest BCUT2D eigenvalue weighted by Gasteiger charge is 2.28. The van der Waals surface area contributed by atoms with Crippen LogP contribution in [0.2, 0.25) is 0 Å². The molecular formula is C15H21N5O4. The van der Waals surface area contributed by atoms with E-state index in [-0.39, 0.29) is 18.7 Å². The van der Waals surface area contributed by atoms with Crippen LogP contribution in [0.25, 0.3) is 5.52 Å². The van der Waals surface area contributed by atoms with E-state index in [0.717, 1.165) is 23.2 Å². The largest absolute Gasteiger partial charge is 0.465 e. The van der Waals surface area contributed by atoms with Crippen LogP contribution in [-0.4, -0.2) is 52.2 Å². The lowest BCUT2D eigenvalue weighted by Crippen LogP contribution is -2.31. The zero-order valence-corrected chi connectivity index (χ0v) is 13.8. The van der Waals surface area contributed by atoms with Gasteiger partial charge in [-0.3, -0.25) is 9.59 Å². The molecule has 0 aliphatic heterocycles. The molecule has 0 atom stereocenters. The second-order valence-electron chi connectivity index (χ2n) is 5.65. The minimum absolute atomic E-state index is 0.230. The molecular weight excluding hydrogens is 314 g/mol. The second-order valence-corrected chi connectivity index (χ2v) is 5.65. The van der Waals surface area contributed by atoms with Crippen molar-refractivity contribution in [3.8, 4) is 0 Å². The molecule has 9 nitrogen and oxygen atoms in total. The number of anilines is 1. The van der Waals surface area contributed by atoms with Crippen molar-refractivity contribution in [2.75, 3.05) is 32.2 Å². The van der Waals surface area contributed by atoms with E-state index in [1.165, 1.54) is 4.52 Å². The Hall–Kier alpha value is -2.42. The number of aromatic nitrogens is 4. The third kappa shape index (κ3) is 3.40. The Kier molecular flexibility index (Phi) is 4.79. The molecule has 1 N–H and O–H groups in total. The summed E-state index contributed by atoms with van der Waals surface area (Å²) in [4.78, 5) is 24.3. The van der Waals surface area contributed by atoms with Crippen molar-refractivity contribution in [1.29, 1.82) is 0 Å². The van der Waals surface area contributed by atoms with Gasteiger partial charge in [-0.25, -0.2) is 4.68 Å². The van der Waals surface area contributed by atoms with Crippen molar-refractivity contribution in [2.45, 2.75) is 32.2 Å². The molecule has 2 heterocycles. The van der Waals surface area contributed by atoms with Gasteiger partial charge in [0.25, 0.3) is 5.56 Å². The first kappa shape index (κ1) is 16.4. The van der Waals surface area contributed by atoms with Crippen molar-refractivity contribution in [1.82, 2.24) is 19.4 Å². The van der Waals surface area contributed by atoms with Crippen LogP contribution in [0.1, 0.15) is 31.4 Å². The monoisotopic (exact) mass is 335 g/mol. The van der Waals surface area contributed by atoms with Gasteiger partial charge in [-0.1, -0.05) is 0 Å². The number of hydrogen-bond acceptors (Lipinski definition) is 7. The summed E-state index contributed by atoms with van der Waals surface area (Å²) < 4.78 is 12.5. The van der Waals surface area contributed by atoms with Crippen LogP contribution in [0.5, 0.6) is 0 Å². The first-order valence-electron chi connectivity index (χ1n) is 8.03. The molecule has 0 aromatic carbocycles. The van der Waals surface area contributed by atoms with Gasteiger partial charge < -0.3 is 14.8 Å². The topological polar surface area (TPSA) is 99.8 Å². The summed E-state index contributed by atoms with van der Waals surface area (Å²) in [7, 11) is 1.60. The van der Waals surface area contributed by atoms with Gasteiger partial charge in [0, 0.05) is 19.6 Å². The van der Waals surface area contributed by atoms with Crippen molar-refractivity contribution in [2.24, 2.45) is 0 Å². The molecule has 1 saturated carbocycles. The van der Waals surface area contributed by atoms with Crippen molar-refractivity contribution in [3.05, 3.63) is 22.1 Å². The predicted molar refractivity (Wildman–Crippen MR) is 86.2 cm³/mol. The number of carbonyl (C=O) groups is 1. The molecule has 1 fully saturated rings. The Morgan fingerprint density at radius 2 is 2.21 bits per heavy atom. The van der Waals surface area contributed by atoms with Crippen LogP contribution in [-0.2, 0) is 20.8 Å². The van der Waals surface area contributed by atoms with E-state index in [4.69, 9.17) is 9.47 Å². The first-order chi connectivity index (χ1) is 11.6. The average molecular weight is 335 g/mol. The highest BCUT2D eigenvalue weighted by molar-refractivity contribution is 5.69. The van der Waals surface area contributed by atoms with Crippen LogP contribution < -0.4 is 10.9 Å². The summed E-state index contributed by atoms with van der Waals surface area (Å²) in [6, 6.07) is 1.78. The quantitative estimate of drug-likeness (QED) is 0.550. The van der Waals surface area contributed by atoms with Gasteiger partial charge in [0.05, 0.1) is 18.9 Å². The van der Waals surface area contributed by atoms with E-state index >= 15 is 0 Å². The van der Waals surface area contributed by atoms with Crippen molar-refractivity contribution in [3.63, 3.8) is 0 Å². The van der Waals surface area contributed by atoms with Gasteiger partial charge in [0.15, 0.2) is 0 Å².